The standard InChI is InChI=1S/C32H36FN3O6/c1-19-6-7-20(33)16-27(19)41-18-25-23(10-11-26-29(25)35(4)30(38)32(2,3)34-26)24-9-8-22(17-28(24)40-5)42-31(39)36-14-12-21(37)13-15-36/h6-11,16-17,21,34,37H,12-15,18H2,1-5H3. The number of nitrogens with one attached hydrogen (secondary N) is 1. The lowest BCUT2D eigenvalue weighted by molar-refractivity contribution is -0.121. The van der Waals surface area contributed by atoms with Gasteiger partial charge in [-0.05, 0) is 69.0 Å². The summed E-state index contributed by atoms with van der Waals surface area (Å²) in [5.74, 6) is 0.643. The van der Waals surface area contributed by atoms with Crippen molar-refractivity contribution in [2.75, 3.05) is 37.5 Å². The second-order valence-corrected chi connectivity index (χ2v) is 11.2. The summed E-state index contributed by atoms with van der Waals surface area (Å²) in [5, 5.41) is 13.1. The normalized spacial score (nSPS) is 16.5. The van der Waals surface area contributed by atoms with Crippen molar-refractivity contribution in [1.29, 1.82) is 0 Å². The minimum absolute atomic E-state index is 0.0449. The maximum absolute atomic E-state index is 14.0. The van der Waals surface area contributed by atoms with Crippen LogP contribution in [-0.4, -0.2) is 60.9 Å². The van der Waals surface area contributed by atoms with Gasteiger partial charge in [0.1, 0.15) is 35.2 Å². The number of hydrogen-bond acceptors (Lipinski definition) is 7. The van der Waals surface area contributed by atoms with Gasteiger partial charge in [-0.1, -0.05) is 12.1 Å². The number of ether oxygens (including phenoxy) is 3. The second-order valence-electron chi connectivity index (χ2n) is 11.2. The molecule has 222 valence electrons. The molecule has 0 bridgehead atoms. The first-order valence-electron chi connectivity index (χ1n) is 13.9. The van der Waals surface area contributed by atoms with Gasteiger partial charge >= 0.3 is 6.09 Å². The molecule has 0 saturated carbocycles. The first-order chi connectivity index (χ1) is 20.0. The summed E-state index contributed by atoms with van der Waals surface area (Å²) in [4.78, 5) is 29.2. The molecule has 10 heteroatoms. The molecule has 1 fully saturated rings. The maximum Gasteiger partial charge on any atom is 0.415 e. The van der Waals surface area contributed by atoms with E-state index in [1.165, 1.54) is 19.2 Å². The van der Waals surface area contributed by atoms with Gasteiger partial charge in [0.05, 0.1) is 24.6 Å². The van der Waals surface area contributed by atoms with Crippen LogP contribution in [0, 0.1) is 12.7 Å². The number of amides is 2. The van der Waals surface area contributed by atoms with Gasteiger partial charge in [0.15, 0.2) is 0 Å². The van der Waals surface area contributed by atoms with Crippen LogP contribution in [0.3, 0.4) is 0 Å². The molecule has 0 aromatic heterocycles. The molecule has 2 aliphatic heterocycles. The number of aliphatic hydroxyl groups excluding tert-OH is 1. The Hall–Kier alpha value is -4.31. The predicted octanol–water partition coefficient (Wildman–Crippen LogP) is 5.51. The third-order valence-corrected chi connectivity index (χ3v) is 7.82. The van der Waals surface area contributed by atoms with Crippen LogP contribution in [0.15, 0.2) is 48.5 Å². The van der Waals surface area contributed by atoms with E-state index < -0.39 is 23.6 Å². The van der Waals surface area contributed by atoms with E-state index in [0.717, 1.165) is 16.8 Å². The number of methoxy groups -OCH3 is 1. The van der Waals surface area contributed by atoms with E-state index in [-0.39, 0.29) is 12.5 Å². The highest BCUT2D eigenvalue weighted by molar-refractivity contribution is 6.08. The van der Waals surface area contributed by atoms with Gasteiger partial charge in [0, 0.05) is 43.4 Å². The van der Waals surface area contributed by atoms with E-state index in [2.05, 4.69) is 5.32 Å². The topological polar surface area (TPSA) is 101 Å². The zero-order valence-electron chi connectivity index (χ0n) is 24.5. The average molecular weight is 578 g/mol. The lowest BCUT2D eigenvalue weighted by Gasteiger charge is -2.39. The monoisotopic (exact) mass is 577 g/mol. The number of likely N-dealkylation sites (N-methyl/N-ethyl adjacent to an activating group) is 1. The first-order valence-corrected chi connectivity index (χ1v) is 13.9. The molecule has 2 aliphatic rings. The maximum atomic E-state index is 14.0. The Morgan fingerprint density at radius 2 is 1.79 bits per heavy atom. The van der Waals surface area contributed by atoms with Crippen molar-refractivity contribution in [2.24, 2.45) is 0 Å². The summed E-state index contributed by atoms with van der Waals surface area (Å²) >= 11 is 0. The number of fused-ring (bicyclic) bond motifs is 1. The number of likely N-dealkylation sites (tertiary alicyclic amines) is 1. The summed E-state index contributed by atoms with van der Waals surface area (Å²) in [7, 11) is 3.25. The molecule has 0 atom stereocenters. The van der Waals surface area contributed by atoms with Gasteiger partial charge in [-0.15, -0.1) is 0 Å². The highest BCUT2D eigenvalue weighted by Gasteiger charge is 2.39. The number of carbonyl (C=O) groups excluding carboxylic acids is 2. The Kier molecular flexibility index (Phi) is 8.01. The number of aryl methyl sites for hydroxylation is 1. The fraction of sp³-hybridized carbons (Fsp3) is 0.375. The summed E-state index contributed by atoms with van der Waals surface area (Å²) in [6, 6.07) is 13.3. The second kappa shape index (κ2) is 11.5. The Morgan fingerprint density at radius 1 is 1.07 bits per heavy atom. The van der Waals surface area contributed by atoms with E-state index in [9.17, 15) is 19.1 Å². The number of aliphatic hydroxyl groups is 1. The molecule has 2 N–H and O–H groups in total. The van der Waals surface area contributed by atoms with Gasteiger partial charge in [-0.3, -0.25) is 4.79 Å². The Labute approximate surface area is 244 Å². The lowest BCUT2D eigenvalue weighted by Crippen LogP contribution is -2.52. The van der Waals surface area contributed by atoms with E-state index in [1.807, 2.05) is 32.9 Å². The van der Waals surface area contributed by atoms with E-state index in [4.69, 9.17) is 14.2 Å². The van der Waals surface area contributed by atoms with Gasteiger partial charge < -0.3 is 34.4 Å². The molecule has 9 nitrogen and oxygen atoms in total. The zero-order chi connectivity index (χ0) is 30.2. The number of benzene rings is 3. The van der Waals surface area contributed by atoms with Crippen LogP contribution in [0.25, 0.3) is 11.1 Å². The van der Waals surface area contributed by atoms with Crippen LogP contribution >= 0.6 is 0 Å². The number of carbonyl (C=O) groups is 2. The Balaban J connectivity index is 1.53. The number of anilines is 2. The van der Waals surface area contributed by atoms with E-state index in [0.29, 0.717) is 60.0 Å². The number of hydrogen-bond donors (Lipinski definition) is 2. The fourth-order valence-corrected chi connectivity index (χ4v) is 5.48. The molecule has 0 radical (unpaired) electrons. The van der Waals surface area contributed by atoms with Crippen molar-refractivity contribution in [1.82, 2.24) is 4.90 Å². The molecule has 0 unspecified atom stereocenters. The molecule has 1 saturated heterocycles. The molecule has 2 amide bonds. The van der Waals surface area contributed by atoms with Crippen molar-refractivity contribution in [2.45, 2.75) is 51.9 Å². The van der Waals surface area contributed by atoms with Gasteiger partial charge in [-0.2, -0.15) is 0 Å². The number of nitrogens with zero attached hydrogens (tertiary/aromatic N) is 2. The van der Waals surface area contributed by atoms with Gasteiger partial charge in [-0.25, -0.2) is 9.18 Å². The lowest BCUT2D eigenvalue weighted by atomic mass is 9.91. The van der Waals surface area contributed by atoms with Crippen LogP contribution < -0.4 is 24.4 Å². The molecule has 3 aromatic carbocycles. The molecule has 0 spiro atoms. The molecule has 42 heavy (non-hydrogen) atoms. The first kappa shape index (κ1) is 29.2. The summed E-state index contributed by atoms with van der Waals surface area (Å²) in [5.41, 5.74) is 3.51. The molecule has 0 aliphatic carbocycles. The zero-order valence-corrected chi connectivity index (χ0v) is 24.5. The van der Waals surface area contributed by atoms with E-state index in [1.54, 1.807) is 41.1 Å². The van der Waals surface area contributed by atoms with Crippen molar-refractivity contribution in [3.63, 3.8) is 0 Å². The molecular formula is C32H36FN3O6. The number of rotatable bonds is 6. The van der Waals surface area contributed by atoms with Crippen molar-refractivity contribution >= 4 is 23.4 Å². The average Bonchev–Trinajstić information content (AvgIpc) is 2.96. The number of piperidine rings is 1. The van der Waals surface area contributed by atoms with Crippen LogP contribution in [0.5, 0.6) is 17.2 Å². The Morgan fingerprint density at radius 3 is 2.50 bits per heavy atom. The SMILES string of the molecule is COc1cc(OC(=O)N2CCC(O)CC2)ccc1-c1ccc2c(c1COc1cc(F)ccc1C)N(C)C(=O)C(C)(C)N2. The van der Waals surface area contributed by atoms with Crippen molar-refractivity contribution < 1.29 is 33.3 Å². The van der Waals surface area contributed by atoms with Crippen LogP contribution in [0.2, 0.25) is 0 Å². The fourth-order valence-electron chi connectivity index (χ4n) is 5.48. The smallest absolute Gasteiger partial charge is 0.415 e. The third-order valence-electron chi connectivity index (χ3n) is 7.82. The van der Waals surface area contributed by atoms with Crippen molar-refractivity contribution in [3.8, 4) is 28.4 Å². The third kappa shape index (κ3) is 5.72. The summed E-state index contributed by atoms with van der Waals surface area (Å²) < 4.78 is 31.6. The van der Waals surface area contributed by atoms with E-state index >= 15 is 0 Å². The molecular weight excluding hydrogens is 541 g/mol. The highest BCUT2D eigenvalue weighted by atomic mass is 19.1. The molecule has 2 heterocycles. The minimum atomic E-state index is -0.809. The summed E-state index contributed by atoms with van der Waals surface area (Å²) in [6.45, 7) is 6.38. The van der Waals surface area contributed by atoms with Crippen LogP contribution in [-0.2, 0) is 11.4 Å². The largest absolute Gasteiger partial charge is 0.496 e. The predicted molar refractivity (Wildman–Crippen MR) is 158 cm³/mol. The minimum Gasteiger partial charge on any atom is -0.496 e. The van der Waals surface area contributed by atoms with Crippen molar-refractivity contribution in [3.05, 3.63) is 65.5 Å². The molecule has 5 rings (SSSR count). The molecule has 3 aromatic rings. The highest BCUT2D eigenvalue weighted by Crippen LogP contribution is 2.45. The summed E-state index contributed by atoms with van der Waals surface area (Å²) in [6.07, 6.45) is 0.139. The van der Waals surface area contributed by atoms with Gasteiger partial charge in [0.2, 0.25) is 0 Å². The quantitative estimate of drug-likeness (QED) is 0.399. The Bertz CT molecular complexity index is 1520. The van der Waals surface area contributed by atoms with Crippen LogP contribution in [0.1, 0.15) is 37.8 Å². The van der Waals surface area contributed by atoms with Gasteiger partial charge in [0.25, 0.3) is 5.91 Å². The number of halogens is 1. The van der Waals surface area contributed by atoms with Crippen LogP contribution in [0.4, 0.5) is 20.6 Å².